The van der Waals surface area contributed by atoms with Crippen molar-refractivity contribution in [3.63, 3.8) is 0 Å². The van der Waals surface area contributed by atoms with Crippen LogP contribution in [0.3, 0.4) is 0 Å². The third-order valence-corrected chi connectivity index (χ3v) is 5.57. The van der Waals surface area contributed by atoms with Crippen molar-refractivity contribution in [2.24, 2.45) is 11.3 Å². The fourth-order valence-corrected chi connectivity index (χ4v) is 3.77. The molecule has 0 aliphatic carbocycles. The molecule has 1 aliphatic rings. The summed E-state index contributed by atoms with van der Waals surface area (Å²) in [7, 11) is -3.06. The van der Waals surface area contributed by atoms with E-state index < -0.39 is 10.0 Å². The molecule has 1 atom stereocenters. The van der Waals surface area contributed by atoms with Gasteiger partial charge in [-0.25, -0.2) is 12.7 Å². The number of hydrogen-bond donors (Lipinski definition) is 1. The molecule has 1 fully saturated rings. The van der Waals surface area contributed by atoms with Crippen molar-refractivity contribution in [1.29, 1.82) is 0 Å². The van der Waals surface area contributed by atoms with Gasteiger partial charge in [-0.05, 0) is 30.7 Å². The highest BCUT2D eigenvalue weighted by Crippen LogP contribution is 2.34. The van der Waals surface area contributed by atoms with Crippen LogP contribution in [0.5, 0.6) is 0 Å². The van der Waals surface area contributed by atoms with Crippen molar-refractivity contribution >= 4 is 10.0 Å². The lowest BCUT2D eigenvalue weighted by Crippen LogP contribution is -2.36. The van der Waals surface area contributed by atoms with E-state index in [0.29, 0.717) is 25.6 Å². The molecule has 0 aromatic rings. The van der Waals surface area contributed by atoms with Crippen molar-refractivity contribution < 1.29 is 8.42 Å². The fourth-order valence-electron chi connectivity index (χ4n) is 2.32. The van der Waals surface area contributed by atoms with Crippen LogP contribution in [0.15, 0.2) is 0 Å². The monoisotopic (exact) mass is 276 g/mol. The van der Waals surface area contributed by atoms with Crippen molar-refractivity contribution in [2.45, 2.75) is 40.5 Å². The summed E-state index contributed by atoms with van der Waals surface area (Å²) in [6, 6.07) is 0. The van der Waals surface area contributed by atoms with Crippen molar-refractivity contribution in [3.05, 3.63) is 0 Å². The summed E-state index contributed by atoms with van der Waals surface area (Å²) in [6.45, 7) is 11.5. The van der Waals surface area contributed by atoms with E-state index in [9.17, 15) is 8.42 Å². The van der Waals surface area contributed by atoms with Gasteiger partial charge in [-0.2, -0.15) is 0 Å². The van der Waals surface area contributed by atoms with Gasteiger partial charge >= 0.3 is 0 Å². The van der Waals surface area contributed by atoms with Crippen LogP contribution < -0.4 is 5.32 Å². The van der Waals surface area contributed by atoms with Crippen LogP contribution in [0.4, 0.5) is 0 Å². The first-order valence-corrected chi connectivity index (χ1v) is 8.57. The molecule has 1 N–H and O–H groups in total. The second-order valence-electron chi connectivity index (χ2n) is 6.28. The zero-order valence-electron chi connectivity index (χ0n) is 12.2. The molecule has 4 nitrogen and oxygen atoms in total. The van der Waals surface area contributed by atoms with Gasteiger partial charge in [0.25, 0.3) is 0 Å². The summed E-state index contributed by atoms with van der Waals surface area (Å²) in [4.78, 5) is 0. The van der Waals surface area contributed by atoms with Gasteiger partial charge < -0.3 is 5.32 Å². The number of nitrogens with zero attached hydrogens (tertiary/aromatic N) is 1. The Bertz CT molecular complexity index is 346. The molecule has 0 spiro atoms. The molecule has 1 aliphatic heterocycles. The molecule has 1 heterocycles. The van der Waals surface area contributed by atoms with Gasteiger partial charge in [-0.15, -0.1) is 0 Å². The van der Waals surface area contributed by atoms with Crippen LogP contribution in [0.25, 0.3) is 0 Å². The summed E-state index contributed by atoms with van der Waals surface area (Å²) in [5.74, 6) is 0.708. The standard InChI is InChI=1S/C13H28N2O2S/c1-5-7-14-8-10-18(16,17)15-9-6-12(11-15)13(2,3)4/h12,14H,5-11H2,1-4H3. The second kappa shape index (κ2) is 6.35. The molecule has 0 radical (unpaired) electrons. The van der Waals surface area contributed by atoms with Gasteiger partial charge in [-0.3, -0.25) is 0 Å². The number of nitrogens with one attached hydrogen (secondary N) is 1. The lowest BCUT2D eigenvalue weighted by atomic mass is 9.80. The minimum absolute atomic E-state index is 0.199. The van der Waals surface area contributed by atoms with Crippen LogP contribution in [-0.2, 0) is 10.0 Å². The largest absolute Gasteiger partial charge is 0.316 e. The van der Waals surface area contributed by atoms with E-state index in [1.165, 1.54) is 0 Å². The van der Waals surface area contributed by atoms with Gasteiger partial charge in [-0.1, -0.05) is 27.7 Å². The van der Waals surface area contributed by atoms with Crippen molar-refractivity contribution in [1.82, 2.24) is 9.62 Å². The van der Waals surface area contributed by atoms with Crippen LogP contribution in [0, 0.1) is 11.3 Å². The van der Waals surface area contributed by atoms with Crippen molar-refractivity contribution in [2.75, 3.05) is 31.9 Å². The van der Waals surface area contributed by atoms with E-state index in [1.807, 2.05) is 0 Å². The number of hydrogen-bond acceptors (Lipinski definition) is 3. The van der Waals surface area contributed by atoms with E-state index in [-0.39, 0.29) is 11.2 Å². The second-order valence-corrected chi connectivity index (χ2v) is 8.36. The van der Waals surface area contributed by atoms with E-state index in [4.69, 9.17) is 0 Å². The van der Waals surface area contributed by atoms with Gasteiger partial charge in [0.15, 0.2) is 0 Å². The minimum atomic E-state index is -3.06. The Balaban J connectivity index is 2.45. The van der Waals surface area contributed by atoms with E-state index >= 15 is 0 Å². The summed E-state index contributed by atoms with van der Waals surface area (Å²) in [5, 5.41) is 3.15. The molecule has 5 heteroatoms. The average Bonchev–Trinajstić information content (AvgIpc) is 2.73. The van der Waals surface area contributed by atoms with Crippen molar-refractivity contribution in [3.8, 4) is 0 Å². The first-order valence-electron chi connectivity index (χ1n) is 6.96. The molecular formula is C13H28N2O2S. The highest BCUT2D eigenvalue weighted by molar-refractivity contribution is 7.89. The van der Waals surface area contributed by atoms with Gasteiger partial charge in [0.05, 0.1) is 5.75 Å². The Morgan fingerprint density at radius 3 is 2.44 bits per heavy atom. The van der Waals surface area contributed by atoms with Crippen LogP contribution >= 0.6 is 0 Å². The average molecular weight is 276 g/mol. The first kappa shape index (κ1) is 15.9. The Hall–Kier alpha value is -0.130. The first-order chi connectivity index (χ1) is 8.27. The minimum Gasteiger partial charge on any atom is -0.316 e. The Kier molecular flexibility index (Phi) is 5.62. The smallest absolute Gasteiger partial charge is 0.215 e. The lowest BCUT2D eigenvalue weighted by molar-refractivity contribution is 0.252. The molecule has 0 aromatic heterocycles. The molecule has 0 amide bonds. The molecule has 1 rings (SSSR count). The van der Waals surface area contributed by atoms with E-state index in [2.05, 4.69) is 33.0 Å². The number of sulfonamides is 1. The lowest BCUT2D eigenvalue weighted by Gasteiger charge is -2.26. The molecule has 0 saturated carbocycles. The Morgan fingerprint density at radius 1 is 1.28 bits per heavy atom. The predicted octanol–water partition coefficient (Wildman–Crippen LogP) is 1.68. The summed E-state index contributed by atoms with van der Waals surface area (Å²) < 4.78 is 26.0. The zero-order chi connectivity index (χ0) is 13.8. The maximum atomic E-state index is 12.2. The molecule has 1 unspecified atom stereocenters. The quantitative estimate of drug-likeness (QED) is 0.751. The van der Waals surface area contributed by atoms with Gasteiger partial charge in [0.2, 0.25) is 10.0 Å². The molecule has 0 bridgehead atoms. The molecule has 0 aromatic carbocycles. The van der Waals surface area contributed by atoms with E-state index in [0.717, 1.165) is 19.4 Å². The maximum Gasteiger partial charge on any atom is 0.215 e. The Labute approximate surface area is 112 Å². The third-order valence-electron chi connectivity index (χ3n) is 3.73. The highest BCUT2D eigenvalue weighted by atomic mass is 32.2. The third kappa shape index (κ3) is 4.52. The Morgan fingerprint density at radius 2 is 1.94 bits per heavy atom. The number of rotatable bonds is 6. The van der Waals surface area contributed by atoms with Crippen LogP contribution in [-0.4, -0.2) is 44.7 Å². The topological polar surface area (TPSA) is 49.4 Å². The SMILES string of the molecule is CCCNCCS(=O)(=O)N1CCC(C(C)(C)C)C1. The van der Waals surface area contributed by atoms with E-state index in [1.54, 1.807) is 4.31 Å². The summed E-state index contributed by atoms with van der Waals surface area (Å²) >= 11 is 0. The maximum absolute atomic E-state index is 12.2. The fraction of sp³-hybridized carbons (Fsp3) is 1.00. The van der Waals surface area contributed by atoms with Crippen LogP contribution in [0.1, 0.15) is 40.5 Å². The van der Waals surface area contributed by atoms with Gasteiger partial charge in [0, 0.05) is 19.6 Å². The summed E-state index contributed by atoms with van der Waals surface area (Å²) in [5.41, 5.74) is 0.199. The normalized spacial score (nSPS) is 22.6. The molecule has 108 valence electrons. The van der Waals surface area contributed by atoms with Crippen LogP contribution in [0.2, 0.25) is 0 Å². The van der Waals surface area contributed by atoms with Gasteiger partial charge in [0.1, 0.15) is 0 Å². The molecule has 18 heavy (non-hydrogen) atoms. The molecular weight excluding hydrogens is 248 g/mol. The highest BCUT2D eigenvalue weighted by Gasteiger charge is 2.36. The predicted molar refractivity (Wildman–Crippen MR) is 76.1 cm³/mol. The summed E-state index contributed by atoms with van der Waals surface area (Å²) in [6.07, 6.45) is 2.03. The molecule has 1 saturated heterocycles. The zero-order valence-corrected chi connectivity index (χ0v) is 13.0.